The van der Waals surface area contributed by atoms with E-state index in [2.05, 4.69) is 15.6 Å². The molecule has 0 spiro atoms. The summed E-state index contributed by atoms with van der Waals surface area (Å²) in [4.78, 5) is 0. The van der Waals surface area contributed by atoms with E-state index in [1.54, 1.807) is 18.9 Å². The number of aromatic nitrogens is 3. The summed E-state index contributed by atoms with van der Waals surface area (Å²) >= 11 is 11.3. The van der Waals surface area contributed by atoms with Crippen molar-refractivity contribution in [2.45, 2.75) is 13.5 Å². The molecule has 2 rings (SSSR count). The minimum atomic E-state index is 0.496. The van der Waals surface area contributed by atoms with E-state index >= 15 is 0 Å². The van der Waals surface area contributed by atoms with E-state index in [1.807, 2.05) is 19.1 Å². The Morgan fingerprint density at radius 3 is 2.70 bits per heavy atom. The fourth-order valence-corrected chi connectivity index (χ4v) is 2.36. The highest BCUT2D eigenvalue weighted by molar-refractivity contribution is 7.71. The van der Waals surface area contributed by atoms with Crippen molar-refractivity contribution < 1.29 is 9.47 Å². The van der Waals surface area contributed by atoms with Gasteiger partial charge in [0.15, 0.2) is 11.5 Å². The van der Waals surface area contributed by atoms with Gasteiger partial charge in [0.2, 0.25) is 4.77 Å². The Balaban J connectivity index is 2.22. The Labute approximate surface area is 126 Å². The molecule has 0 saturated carbocycles. The molecular formula is C12H15ClN4O2S. The minimum Gasteiger partial charge on any atom is -0.493 e. The molecule has 1 aromatic carbocycles. The molecule has 6 nitrogen and oxygen atoms in total. The predicted octanol–water partition coefficient (Wildman–Crippen LogP) is 2.66. The lowest BCUT2D eigenvalue weighted by Gasteiger charge is -2.13. The minimum absolute atomic E-state index is 0.496. The number of hydrogen-bond acceptors (Lipinski definition) is 5. The zero-order chi connectivity index (χ0) is 14.7. The molecule has 0 aliphatic carbocycles. The highest BCUT2D eigenvalue weighted by Gasteiger charge is 2.11. The van der Waals surface area contributed by atoms with E-state index in [0.717, 1.165) is 11.4 Å². The molecule has 2 aromatic rings. The van der Waals surface area contributed by atoms with Crippen LogP contribution in [0.25, 0.3) is 0 Å². The van der Waals surface area contributed by atoms with Gasteiger partial charge in [0, 0.05) is 0 Å². The monoisotopic (exact) mass is 314 g/mol. The molecule has 20 heavy (non-hydrogen) atoms. The lowest BCUT2D eigenvalue weighted by atomic mass is 10.2. The predicted molar refractivity (Wildman–Crippen MR) is 79.8 cm³/mol. The van der Waals surface area contributed by atoms with Crippen LogP contribution in [0.1, 0.15) is 11.4 Å². The molecular weight excluding hydrogens is 300 g/mol. The maximum atomic E-state index is 6.16. The van der Waals surface area contributed by atoms with Gasteiger partial charge in [-0.3, -0.25) is 5.10 Å². The first-order valence-corrected chi connectivity index (χ1v) is 6.63. The van der Waals surface area contributed by atoms with Crippen molar-refractivity contribution in [3.63, 3.8) is 0 Å². The van der Waals surface area contributed by atoms with Crippen molar-refractivity contribution in [3.05, 3.63) is 33.3 Å². The van der Waals surface area contributed by atoms with Crippen molar-refractivity contribution in [1.29, 1.82) is 0 Å². The first kappa shape index (κ1) is 14.7. The first-order chi connectivity index (χ1) is 9.56. The number of methoxy groups -OCH3 is 2. The van der Waals surface area contributed by atoms with Crippen molar-refractivity contribution >= 4 is 23.8 Å². The zero-order valence-corrected chi connectivity index (χ0v) is 12.9. The number of benzene rings is 1. The van der Waals surface area contributed by atoms with E-state index < -0.39 is 0 Å². The van der Waals surface area contributed by atoms with Crippen LogP contribution < -0.4 is 14.9 Å². The summed E-state index contributed by atoms with van der Waals surface area (Å²) in [6.45, 7) is 2.37. The number of nitrogens with one attached hydrogen (secondary N) is 2. The quantitative estimate of drug-likeness (QED) is 0.831. The second kappa shape index (κ2) is 6.15. The molecule has 0 fully saturated rings. The van der Waals surface area contributed by atoms with Crippen molar-refractivity contribution in [3.8, 4) is 11.5 Å². The van der Waals surface area contributed by atoms with Crippen LogP contribution in [0.5, 0.6) is 11.5 Å². The molecule has 8 heteroatoms. The molecule has 0 atom stereocenters. The van der Waals surface area contributed by atoms with Gasteiger partial charge in [-0.1, -0.05) is 11.6 Å². The van der Waals surface area contributed by atoms with Gasteiger partial charge in [0.05, 0.1) is 25.8 Å². The fourth-order valence-electron chi connectivity index (χ4n) is 1.81. The summed E-state index contributed by atoms with van der Waals surface area (Å²) < 4.78 is 12.7. The van der Waals surface area contributed by atoms with Crippen molar-refractivity contribution in [2.24, 2.45) is 0 Å². The topological polar surface area (TPSA) is 64.1 Å². The Kier molecular flexibility index (Phi) is 4.51. The lowest BCUT2D eigenvalue weighted by molar-refractivity contribution is 0.354. The number of halogens is 1. The third-order valence-corrected chi connectivity index (χ3v) is 3.33. The molecule has 0 amide bonds. The molecule has 0 bridgehead atoms. The largest absolute Gasteiger partial charge is 0.493 e. The number of aryl methyl sites for hydroxylation is 1. The van der Waals surface area contributed by atoms with E-state index in [-0.39, 0.29) is 0 Å². The maximum Gasteiger partial charge on any atom is 0.214 e. The highest BCUT2D eigenvalue weighted by atomic mass is 35.5. The number of H-pyrrole nitrogens is 1. The van der Waals surface area contributed by atoms with E-state index in [0.29, 0.717) is 27.8 Å². The third-order valence-electron chi connectivity index (χ3n) is 2.77. The summed E-state index contributed by atoms with van der Waals surface area (Å²) in [5, 5.41) is 7.22. The normalized spacial score (nSPS) is 10.4. The number of rotatable bonds is 5. The summed E-state index contributed by atoms with van der Waals surface area (Å²) in [6, 6.07) is 3.67. The van der Waals surface area contributed by atoms with Crippen LogP contribution >= 0.6 is 23.8 Å². The molecule has 1 heterocycles. The second-order valence-electron chi connectivity index (χ2n) is 4.06. The number of hydrogen-bond donors (Lipinski definition) is 2. The average molecular weight is 315 g/mol. The molecule has 2 N–H and O–H groups in total. The third kappa shape index (κ3) is 2.88. The van der Waals surface area contributed by atoms with Gasteiger partial charge in [-0.2, -0.15) is 5.10 Å². The maximum absolute atomic E-state index is 6.16. The standard InChI is InChI=1S/C12H15ClN4O2S/c1-7-15-16-12(20)17(7)14-6-8-4-9(13)11(19-3)10(5-8)18-2/h4-5,14H,6H2,1-3H3,(H,16,20). The number of aromatic amines is 1. The summed E-state index contributed by atoms with van der Waals surface area (Å²) in [5.41, 5.74) is 4.10. The number of nitrogens with zero attached hydrogens (tertiary/aromatic N) is 2. The Bertz CT molecular complexity index is 668. The molecule has 0 aliphatic heterocycles. The van der Waals surface area contributed by atoms with E-state index in [1.165, 1.54) is 0 Å². The van der Waals surface area contributed by atoms with Crippen LogP contribution in [0.3, 0.4) is 0 Å². The van der Waals surface area contributed by atoms with Gasteiger partial charge in [0.1, 0.15) is 5.82 Å². The van der Waals surface area contributed by atoms with Gasteiger partial charge in [-0.25, -0.2) is 4.68 Å². The fraction of sp³-hybridized carbons (Fsp3) is 0.333. The summed E-state index contributed by atoms with van der Waals surface area (Å²) in [5.74, 6) is 1.86. The van der Waals surface area contributed by atoms with Gasteiger partial charge in [-0.15, -0.1) is 0 Å². The highest BCUT2D eigenvalue weighted by Crippen LogP contribution is 2.35. The van der Waals surface area contributed by atoms with E-state index in [4.69, 9.17) is 33.3 Å². The molecule has 0 saturated heterocycles. The van der Waals surface area contributed by atoms with Crippen LogP contribution in [-0.4, -0.2) is 29.1 Å². The Hall–Kier alpha value is -1.73. The van der Waals surface area contributed by atoms with Gasteiger partial charge in [-0.05, 0) is 36.8 Å². The number of ether oxygens (including phenoxy) is 2. The van der Waals surface area contributed by atoms with Crippen LogP contribution in [0.2, 0.25) is 5.02 Å². The SMILES string of the molecule is COc1cc(CNn2c(C)n[nH]c2=S)cc(Cl)c1OC. The van der Waals surface area contributed by atoms with Gasteiger partial charge in [0.25, 0.3) is 0 Å². The van der Waals surface area contributed by atoms with Crippen molar-refractivity contribution in [1.82, 2.24) is 14.9 Å². The van der Waals surface area contributed by atoms with Crippen LogP contribution in [-0.2, 0) is 6.54 Å². The zero-order valence-electron chi connectivity index (χ0n) is 11.4. The Morgan fingerprint density at radius 1 is 1.40 bits per heavy atom. The summed E-state index contributed by atoms with van der Waals surface area (Å²) in [7, 11) is 3.12. The molecule has 0 radical (unpaired) electrons. The second-order valence-corrected chi connectivity index (χ2v) is 4.85. The first-order valence-electron chi connectivity index (χ1n) is 5.85. The lowest BCUT2D eigenvalue weighted by Crippen LogP contribution is -2.16. The van der Waals surface area contributed by atoms with Crippen molar-refractivity contribution in [2.75, 3.05) is 19.6 Å². The molecule has 1 aromatic heterocycles. The smallest absolute Gasteiger partial charge is 0.214 e. The van der Waals surface area contributed by atoms with Gasteiger partial charge >= 0.3 is 0 Å². The molecule has 0 unspecified atom stereocenters. The summed E-state index contributed by atoms with van der Waals surface area (Å²) in [6.07, 6.45) is 0. The molecule has 108 valence electrons. The average Bonchev–Trinajstić information content (AvgIpc) is 2.75. The van der Waals surface area contributed by atoms with Crippen LogP contribution in [0, 0.1) is 11.7 Å². The van der Waals surface area contributed by atoms with Gasteiger partial charge < -0.3 is 14.9 Å². The van der Waals surface area contributed by atoms with Crippen LogP contribution in [0.15, 0.2) is 12.1 Å². The molecule has 0 aliphatic rings. The Morgan fingerprint density at radius 2 is 2.15 bits per heavy atom. The van der Waals surface area contributed by atoms with Crippen LogP contribution in [0.4, 0.5) is 0 Å². The van der Waals surface area contributed by atoms with E-state index in [9.17, 15) is 0 Å².